The first kappa shape index (κ1) is 16.4. The number of carbonyl (C=O) groups is 1. The van der Waals surface area contributed by atoms with Crippen molar-refractivity contribution in [2.45, 2.75) is 0 Å². The summed E-state index contributed by atoms with van der Waals surface area (Å²) in [5, 5.41) is 5.84. The van der Waals surface area contributed by atoms with E-state index in [0.717, 1.165) is 0 Å². The summed E-state index contributed by atoms with van der Waals surface area (Å²) in [6, 6.07) is 8.62. The molecule has 0 aliphatic rings. The minimum Gasteiger partial charge on any atom is -0.493 e. The standard InChI is InChI=1S/C17H19N3O3/c1-4-9-18-16-8-5-12(11-19-16)17(21)20-13-6-7-14(22-2)15(10-13)23-3/h4-8,10-11H,1,9H2,2-3H3,(H,18,19)(H,20,21). The first-order valence-corrected chi connectivity index (χ1v) is 7.02. The average Bonchev–Trinajstić information content (AvgIpc) is 2.60. The number of amides is 1. The zero-order valence-electron chi connectivity index (χ0n) is 13.1. The largest absolute Gasteiger partial charge is 0.493 e. The second-order valence-electron chi connectivity index (χ2n) is 4.63. The molecule has 0 aliphatic carbocycles. The molecule has 120 valence electrons. The van der Waals surface area contributed by atoms with E-state index in [0.29, 0.717) is 35.1 Å². The van der Waals surface area contributed by atoms with Gasteiger partial charge in [0.1, 0.15) is 5.82 Å². The van der Waals surface area contributed by atoms with Gasteiger partial charge in [0.05, 0.1) is 19.8 Å². The van der Waals surface area contributed by atoms with Gasteiger partial charge in [-0.25, -0.2) is 4.98 Å². The zero-order chi connectivity index (χ0) is 16.7. The van der Waals surface area contributed by atoms with E-state index in [1.165, 1.54) is 6.20 Å². The van der Waals surface area contributed by atoms with Crippen LogP contribution in [0.25, 0.3) is 0 Å². The van der Waals surface area contributed by atoms with Gasteiger partial charge < -0.3 is 20.1 Å². The van der Waals surface area contributed by atoms with Gasteiger partial charge in [0.2, 0.25) is 0 Å². The molecule has 1 aromatic carbocycles. The summed E-state index contributed by atoms with van der Waals surface area (Å²) in [6.07, 6.45) is 3.25. The zero-order valence-corrected chi connectivity index (χ0v) is 13.1. The quantitative estimate of drug-likeness (QED) is 0.769. The molecule has 0 fully saturated rings. The number of carbonyl (C=O) groups excluding carboxylic acids is 1. The van der Waals surface area contributed by atoms with Crippen LogP contribution in [0.1, 0.15) is 10.4 Å². The van der Waals surface area contributed by atoms with E-state index in [9.17, 15) is 4.79 Å². The molecule has 1 amide bonds. The molecule has 1 aromatic heterocycles. The second kappa shape index (κ2) is 7.84. The second-order valence-corrected chi connectivity index (χ2v) is 4.63. The molecule has 23 heavy (non-hydrogen) atoms. The van der Waals surface area contributed by atoms with Crippen LogP contribution < -0.4 is 20.1 Å². The summed E-state index contributed by atoms with van der Waals surface area (Å²) < 4.78 is 10.4. The van der Waals surface area contributed by atoms with Gasteiger partial charge in [-0.2, -0.15) is 0 Å². The van der Waals surface area contributed by atoms with Crippen LogP contribution in [0.2, 0.25) is 0 Å². The first-order valence-electron chi connectivity index (χ1n) is 7.02. The predicted octanol–water partition coefficient (Wildman–Crippen LogP) is 2.95. The molecule has 2 N–H and O–H groups in total. The van der Waals surface area contributed by atoms with Crippen molar-refractivity contribution in [1.29, 1.82) is 0 Å². The third kappa shape index (κ3) is 4.23. The van der Waals surface area contributed by atoms with E-state index < -0.39 is 0 Å². The van der Waals surface area contributed by atoms with Crippen molar-refractivity contribution in [3.8, 4) is 11.5 Å². The van der Waals surface area contributed by atoms with Crippen molar-refractivity contribution in [1.82, 2.24) is 4.98 Å². The first-order chi connectivity index (χ1) is 11.2. The Hall–Kier alpha value is -3.02. The van der Waals surface area contributed by atoms with Gasteiger partial charge in [0, 0.05) is 24.5 Å². The molecule has 1 heterocycles. The van der Waals surface area contributed by atoms with E-state index >= 15 is 0 Å². The third-order valence-electron chi connectivity index (χ3n) is 3.09. The number of benzene rings is 1. The minimum atomic E-state index is -0.250. The molecule has 6 heteroatoms. The number of rotatable bonds is 7. The topological polar surface area (TPSA) is 72.5 Å². The van der Waals surface area contributed by atoms with Gasteiger partial charge in [-0.1, -0.05) is 6.08 Å². The highest BCUT2D eigenvalue weighted by Gasteiger charge is 2.09. The molecule has 6 nitrogen and oxygen atoms in total. The minimum absolute atomic E-state index is 0.250. The van der Waals surface area contributed by atoms with Gasteiger partial charge >= 0.3 is 0 Å². The van der Waals surface area contributed by atoms with E-state index in [1.54, 1.807) is 50.6 Å². The normalized spacial score (nSPS) is 9.83. The van der Waals surface area contributed by atoms with Crippen LogP contribution >= 0.6 is 0 Å². The van der Waals surface area contributed by atoms with Crippen LogP contribution in [0.15, 0.2) is 49.2 Å². The highest BCUT2D eigenvalue weighted by Crippen LogP contribution is 2.29. The Morgan fingerprint density at radius 1 is 1.22 bits per heavy atom. The lowest BCUT2D eigenvalue weighted by molar-refractivity contribution is 0.102. The van der Waals surface area contributed by atoms with Crippen molar-refractivity contribution < 1.29 is 14.3 Å². The van der Waals surface area contributed by atoms with E-state index in [2.05, 4.69) is 22.2 Å². The average molecular weight is 313 g/mol. The molecule has 0 radical (unpaired) electrons. The fourth-order valence-electron chi connectivity index (χ4n) is 1.93. The van der Waals surface area contributed by atoms with Crippen molar-refractivity contribution >= 4 is 17.4 Å². The third-order valence-corrected chi connectivity index (χ3v) is 3.09. The summed E-state index contributed by atoms with van der Waals surface area (Å²) >= 11 is 0. The molecule has 0 spiro atoms. The summed E-state index contributed by atoms with van der Waals surface area (Å²) in [4.78, 5) is 16.4. The van der Waals surface area contributed by atoms with Crippen molar-refractivity contribution in [3.63, 3.8) is 0 Å². The number of hydrogen-bond donors (Lipinski definition) is 2. The number of methoxy groups -OCH3 is 2. The number of hydrogen-bond acceptors (Lipinski definition) is 5. The van der Waals surface area contributed by atoms with Gasteiger partial charge in [-0.15, -0.1) is 6.58 Å². The lowest BCUT2D eigenvalue weighted by Crippen LogP contribution is -2.12. The summed E-state index contributed by atoms with van der Waals surface area (Å²) in [6.45, 7) is 4.24. The van der Waals surface area contributed by atoms with Crippen LogP contribution in [-0.4, -0.2) is 31.7 Å². The van der Waals surface area contributed by atoms with Gasteiger partial charge in [0.15, 0.2) is 11.5 Å². The number of ether oxygens (including phenoxy) is 2. The predicted molar refractivity (Wildman–Crippen MR) is 90.4 cm³/mol. The van der Waals surface area contributed by atoms with Crippen LogP contribution in [0.3, 0.4) is 0 Å². The smallest absolute Gasteiger partial charge is 0.257 e. The Bertz CT molecular complexity index is 684. The molecule has 0 saturated carbocycles. The molecular formula is C17H19N3O3. The van der Waals surface area contributed by atoms with Crippen LogP contribution in [0.5, 0.6) is 11.5 Å². The number of anilines is 2. The van der Waals surface area contributed by atoms with Crippen molar-refractivity contribution in [3.05, 3.63) is 54.7 Å². The molecule has 0 saturated heterocycles. The Morgan fingerprint density at radius 2 is 2.00 bits per heavy atom. The Kier molecular flexibility index (Phi) is 5.57. The number of pyridine rings is 1. The number of nitrogens with one attached hydrogen (secondary N) is 2. The molecular weight excluding hydrogens is 294 g/mol. The lowest BCUT2D eigenvalue weighted by atomic mass is 10.2. The van der Waals surface area contributed by atoms with Crippen LogP contribution in [0, 0.1) is 0 Å². The fourth-order valence-corrected chi connectivity index (χ4v) is 1.93. The maximum Gasteiger partial charge on any atom is 0.257 e. The van der Waals surface area contributed by atoms with E-state index in [-0.39, 0.29) is 5.91 Å². The maximum atomic E-state index is 12.2. The highest BCUT2D eigenvalue weighted by atomic mass is 16.5. The summed E-state index contributed by atoms with van der Waals surface area (Å²) in [7, 11) is 3.10. The van der Waals surface area contributed by atoms with Gasteiger partial charge in [0.25, 0.3) is 5.91 Å². The summed E-state index contributed by atoms with van der Waals surface area (Å²) in [5.41, 5.74) is 1.07. The Balaban J connectivity index is 2.08. The Morgan fingerprint density at radius 3 is 2.61 bits per heavy atom. The van der Waals surface area contributed by atoms with Crippen molar-refractivity contribution in [2.24, 2.45) is 0 Å². The SMILES string of the molecule is C=CCNc1ccc(C(=O)Nc2ccc(OC)c(OC)c2)cn1. The lowest BCUT2D eigenvalue weighted by Gasteiger charge is -2.10. The molecule has 0 aliphatic heterocycles. The van der Waals surface area contributed by atoms with Gasteiger partial charge in [-0.05, 0) is 24.3 Å². The molecule has 2 rings (SSSR count). The maximum absolute atomic E-state index is 12.2. The Labute approximate surface area is 135 Å². The molecule has 2 aromatic rings. The van der Waals surface area contributed by atoms with Gasteiger partial charge in [-0.3, -0.25) is 4.79 Å². The van der Waals surface area contributed by atoms with Crippen molar-refractivity contribution in [2.75, 3.05) is 31.4 Å². The van der Waals surface area contributed by atoms with E-state index in [4.69, 9.17) is 9.47 Å². The van der Waals surface area contributed by atoms with E-state index in [1.807, 2.05) is 0 Å². The van der Waals surface area contributed by atoms with Crippen LogP contribution in [-0.2, 0) is 0 Å². The molecule has 0 unspecified atom stereocenters. The van der Waals surface area contributed by atoms with Crippen LogP contribution in [0.4, 0.5) is 11.5 Å². The highest BCUT2D eigenvalue weighted by molar-refractivity contribution is 6.04. The fraction of sp³-hybridized carbons (Fsp3) is 0.176. The summed E-state index contributed by atoms with van der Waals surface area (Å²) in [5.74, 6) is 1.59. The molecule has 0 bridgehead atoms. The molecule has 0 atom stereocenters. The monoisotopic (exact) mass is 313 g/mol. The number of nitrogens with zero attached hydrogens (tertiary/aromatic N) is 1. The number of aromatic nitrogens is 1.